The van der Waals surface area contributed by atoms with Gasteiger partial charge < -0.3 is 9.47 Å². The monoisotopic (exact) mass is 206 g/mol. The predicted octanol–water partition coefficient (Wildman–Crippen LogP) is 0.723. The van der Waals surface area contributed by atoms with E-state index in [0.29, 0.717) is 0 Å². The second kappa shape index (κ2) is 4.08. The zero-order valence-corrected chi connectivity index (χ0v) is 8.16. The average Bonchev–Trinajstić information content (AvgIpc) is 2.78. The molecule has 15 heavy (non-hydrogen) atoms. The molecular formula is C10H10N2O3. The molecule has 0 fully saturated rings. The van der Waals surface area contributed by atoms with Gasteiger partial charge in [0.2, 0.25) is 0 Å². The molecular weight excluding hydrogens is 196 g/mol. The summed E-state index contributed by atoms with van der Waals surface area (Å²) in [6.07, 6.45) is 4.16. The Labute approximate surface area is 86.8 Å². The number of carbonyl (C=O) groups is 1. The van der Waals surface area contributed by atoms with Crippen LogP contribution in [0.4, 0.5) is 0 Å². The second-order valence-corrected chi connectivity index (χ2v) is 3.07. The topological polar surface area (TPSA) is 60.8 Å². The lowest BCUT2D eigenvalue weighted by Crippen LogP contribution is -2.25. The molecule has 78 valence electrons. The predicted molar refractivity (Wildman–Crippen MR) is 52.4 cm³/mol. The number of ether oxygens (including phenoxy) is 2. The molecule has 5 nitrogen and oxygen atoms in total. The Morgan fingerprint density at radius 1 is 1.60 bits per heavy atom. The molecule has 0 bridgehead atoms. The van der Waals surface area contributed by atoms with E-state index in [9.17, 15) is 4.79 Å². The van der Waals surface area contributed by atoms with Gasteiger partial charge >= 0.3 is 5.97 Å². The van der Waals surface area contributed by atoms with Gasteiger partial charge in [0.05, 0.1) is 7.11 Å². The van der Waals surface area contributed by atoms with Crippen LogP contribution < -0.4 is 0 Å². The summed E-state index contributed by atoms with van der Waals surface area (Å²) in [5, 5.41) is 0. The van der Waals surface area contributed by atoms with Gasteiger partial charge in [-0.1, -0.05) is 6.07 Å². The summed E-state index contributed by atoms with van der Waals surface area (Å²) in [6.45, 7) is 0. The lowest BCUT2D eigenvalue weighted by molar-refractivity contribution is -0.143. The molecule has 0 N–H and O–H groups in total. The van der Waals surface area contributed by atoms with Crippen LogP contribution >= 0.6 is 0 Å². The normalized spacial score (nSPS) is 23.5. The van der Waals surface area contributed by atoms with E-state index in [2.05, 4.69) is 14.7 Å². The highest BCUT2D eigenvalue weighted by atomic mass is 16.5. The minimum absolute atomic E-state index is 0.405. The number of pyridine rings is 1. The van der Waals surface area contributed by atoms with Gasteiger partial charge in [0, 0.05) is 18.0 Å². The largest absolute Gasteiger partial charge is 0.473 e. The highest BCUT2D eigenvalue weighted by Gasteiger charge is 2.34. The zero-order valence-electron chi connectivity index (χ0n) is 8.16. The van der Waals surface area contributed by atoms with Gasteiger partial charge in [-0.3, -0.25) is 4.98 Å². The third-order valence-electron chi connectivity index (χ3n) is 2.17. The smallest absolute Gasteiger partial charge is 0.334 e. The van der Waals surface area contributed by atoms with E-state index in [-0.39, 0.29) is 0 Å². The summed E-state index contributed by atoms with van der Waals surface area (Å²) in [4.78, 5) is 19.2. The van der Waals surface area contributed by atoms with E-state index in [4.69, 9.17) is 4.74 Å². The van der Waals surface area contributed by atoms with Crippen LogP contribution in [0.5, 0.6) is 0 Å². The van der Waals surface area contributed by atoms with Crippen molar-refractivity contribution in [1.29, 1.82) is 0 Å². The van der Waals surface area contributed by atoms with E-state index < -0.39 is 18.1 Å². The average molecular weight is 206 g/mol. The molecule has 5 heteroatoms. The quantitative estimate of drug-likeness (QED) is 0.669. The number of hydrogen-bond acceptors (Lipinski definition) is 5. The molecule has 1 aliphatic heterocycles. The Hall–Kier alpha value is -1.91. The first-order chi connectivity index (χ1) is 7.33. The summed E-state index contributed by atoms with van der Waals surface area (Å²) in [7, 11) is 1.33. The van der Waals surface area contributed by atoms with Crippen LogP contribution in [0.15, 0.2) is 29.5 Å². The van der Waals surface area contributed by atoms with Crippen molar-refractivity contribution in [2.24, 2.45) is 4.99 Å². The van der Waals surface area contributed by atoms with Crippen LogP contribution in [-0.2, 0) is 14.3 Å². The Kier molecular flexibility index (Phi) is 2.62. The molecule has 0 aliphatic carbocycles. The van der Waals surface area contributed by atoms with Gasteiger partial charge in [-0.05, 0) is 6.07 Å². The van der Waals surface area contributed by atoms with E-state index in [1.807, 2.05) is 6.07 Å². The first-order valence-electron chi connectivity index (χ1n) is 4.48. The number of aliphatic imine (C=N–C) groups is 1. The number of aromatic nitrogens is 1. The van der Waals surface area contributed by atoms with E-state index in [0.717, 1.165) is 5.56 Å². The third kappa shape index (κ3) is 1.81. The maximum Gasteiger partial charge on any atom is 0.334 e. The Morgan fingerprint density at radius 3 is 3.13 bits per heavy atom. The fraction of sp³-hybridized carbons (Fsp3) is 0.300. The standard InChI is InChI=1S/C10H10N2O3/c1-14-10(13)8-9(15-6-12-8)7-3-2-4-11-5-7/h2-6,8-9H,1H3/t8-,9+/m1/s1. The van der Waals surface area contributed by atoms with Gasteiger partial charge in [-0.25, -0.2) is 9.79 Å². The molecule has 0 saturated heterocycles. The van der Waals surface area contributed by atoms with Crippen molar-refractivity contribution in [2.45, 2.75) is 12.1 Å². The van der Waals surface area contributed by atoms with Crippen molar-refractivity contribution in [3.8, 4) is 0 Å². The van der Waals surface area contributed by atoms with Gasteiger partial charge in [0.15, 0.2) is 18.5 Å². The van der Waals surface area contributed by atoms with E-state index in [1.54, 1.807) is 18.5 Å². The van der Waals surface area contributed by atoms with Gasteiger partial charge in [-0.2, -0.15) is 0 Å². The lowest BCUT2D eigenvalue weighted by atomic mass is 10.1. The number of hydrogen-bond donors (Lipinski definition) is 0. The van der Waals surface area contributed by atoms with Crippen molar-refractivity contribution in [3.05, 3.63) is 30.1 Å². The molecule has 1 aliphatic rings. The molecule has 0 amide bonds. The molecule has 2 rings (SSSR count). The zero-order chi connectivity index (χ0) is 10.7. The second-order valence-electron chi connectivity index (χ2n) is 3.07. The number of esters is 1. The highest BCUT2D eigenvalue weighted by molar-refractivity contribution is 5.80. The molecule has 0 saturated carbocycles. The van der Waals surface area contributed by atoms with Crippen molar-refractivity contribution >= 4 is 12.4 Å². The van der Waals surface area contributed by atoms with Crippen LogP contribution in [0.3, 0.4) is 0 Å². The number of nitrogens with zero attached hydrogens (tertiary/aromatic N) is 2. The van der Waals surface area contributed by atoms with Gasteiger partial charge in [-0.15, -0.1) is 0 Å². The van der Waals surface area contributed by atoms with Gasteiger partial charge in [0.25, 0.3) is 0 Å². The number of rotatable bonds is 2. The Balaban J connectivity index is 2.21. The van der Waals surface area contributed by atoms with Crippen LogP contribution in [0.25, 0.3) is 0 Å². The molecule has 2 atom stereocenters. The summed E-state index contributed by atoms with van der Waals surface area (Å²) in [6, 6.07) is 2.99. The maximum absolute atomic E-state index is 11.4. The summed E-state index contributed by atoms with van der Waals surface area (Å²) >= 11 is 0. The van der Waals surface area contributed by atoms with Crippen LogP contribution in [0, 0.1) is 0 Å². The first-order valence-corrected chi connectivity index (χ1v) is 4.48. The van der Waals surface area contributed by atoms with E-state index in [1.165, 1.54) is 13.5 Å². The fourth-order valence-electron chi connectivity index (χ4n) is 1.43. The summed E-state index contributed by atoms with van der Waals surface area (Å²) < 4.78 is 9.87. The van der Waals surface area contributed by atoms with Crippen molar-refractivity contribution in [1.82, 2.24) is 4.98 Å². The van der Waals surface area contributed by atoms with Crippen LogP contribution in [0.2, 0.25) is 0 Å². The van der Waals surface area contributed by atoms with Gasteiger partial charge in [0.1, 0.15) is 0 Å². The lowest BCUT2D eigenvalue weighted by Gasteiger charge is -2.14. The maximum atomic E-state index is 11.4. The fourth-order valence-corrected chi connectivity index (χ4v) is 1.43. The first kappa shape index (κ1) is 9.64. The summed E-state index contributed by atoms with van der Waals surface area (Å²) in [5.74, 6) is -0.405. The molecule has 0 aromatic carbocycles. The highest BCUT2D eigenvalue weighted by Crippen LogP contribution is 2.26. The van der Waals surface area contributed by atoms with Crippen LogP contribution in [0.1, 0.15) is 11.7 Å². The van der Waals surface area contributed by atoms with Crippen molar-refractivity contribution < 1.29 is 14.3 Å². The molecule has 2 heterocycles. The molecule has 1 aromatic rings. The third-order valence-corrected chi connectivity index (χ3v) is 2.17. The summed E-state index contributed by atoms with van der Waals surface area (Å²) in [5.41, 5.74) is 0.811. The molecule has 0 radical (unpaired) electrons. The number of methoxy groups -OCH3 is 1. The van der Waals surface area contributed by atoms with Crippen LogP contribution in [-0.4, -0.2) is 30.5 Å². The Bertz CT molecular complexity index is 378. The molecule has 0 unspecified atom stereocenters. The van der Waals surface area contributed by atoms with Crippen molar-refractivity contribution in [3.63, 3.8) is 0 Å². The number of carbonyl (C=O) groups excluding carboxylic acids is 1. The minimum atomic E-state index is -0.626. The molecule has 0 spiro atoms. The SMILES string of the molecule is COC(=O)[C@@H]1N=CO[C@H]1c1cccnc1. The minimum Gasteiger partial charge on any atom is -0.473 e. The van der Waals surface area contributed by atoms with Crippen molar-refractivity contribution in [2.75, 3.05) is 7.11 Å². The molecule has 1 aromatic heterocycles. The van der Waals surface area contributed by atoms with E-state index >= 15 is 0 Å². The Morgan fingerprint density at radius 2 is 2.47 bits per heavy atom.